The second kappa shape index (κ2) is 10.3. The Labute approximate surface area is 259 Å². The highest BCUT2D eigenvalue weighted by Crippen LogP contribution is 2.55. The third-order valence-electron chi connectivity index (χ3n) is 10.5. The monoisotopic (exact) mass is 680 g/mol. The quantitative estimate of drug-likeness (QED) is 0.421. The van der Waals surface area contributed by atoms with Crippen LogP contribution in [-0.4, -0.2) is 100.0 Å². The van der Waals surface area contributed by atoms with Crippen molar-refractivity contribution in [2.75, 3.05) is 51.2 Å². The first-order chi connectivity index (χ1) is 19.2. The number of aromatic nitrogens is 2. The topological polar surface area (TPSA) is 74.2 Å². The summed E-state index contributed by atoms with van der Waals surface area (Å²) in [4.78, 5) is 34.2. The lowest BCUT2D eigenvalue weighted by Gasteiger charge is -2.58. The molecule has 1 aromatic heterocycles. The number of nitrogens with zero attached hydrogens (tertiary/aromatic N) is 6. The first kappa shape index (κ1) is 29.5. The van der Waals surface area contributed by atoms with Gasteiger partial charge in [-0.2, -0.15) is 5.10 Å². The van der Waals surface area contributed by atoms with E-state index in [0.29, 0.717) is 23.8 Å². The summed E-state index contributed by atoms with van der Waals surface area (Å²) in [5.74, 6) is 2.56. The molecule has 2 amide bonds. The van der Waals surface area contributed by atoms with E-state index in [1.165, 1.54) is 22.1 Å². The number of fused-ring (bicyclic) bond motifs is 1. The van der Waals surface area contributed by atoms with E-state index in [2.05, 4.69) is 57.8 Å². The van der Waals surface area contributed by atoms with Crippen molar-refractivity contribution in [3.63, 3.8) is 0 Å². The number of likely N-dealkylation sites (tertiary alicyclic amines) is 3. The smallest absolute Gasteiger partial charge is 0.410 e. The molecule has 2 unspecified atom stereocenters. The Balaban J connectivity index is 1.07. The highest BCUT2D eigenvalue weighted by molar-refractivity contribution is 14.1. The molecule has 1 aliphatic carbocycles. The van der Waals surface area contributed by atoms with Gasteiger partial charge in [-0.15, -0.1) is 0 Å². The highest BCUT2D eigenvalue weighted by Gasteiger charge is 2.56. The lowest BCUT2D eigenvalue weighted by molar-refractivity contribution is -0.132. The molecule has 5 heterocycles. The third-order valence-corrected chi connectivity index (χ3v) is 11.7. The zero-order valence-electron chi connectivity index (χ0n) is 26.1. The number of amides is 2. The molecule has 0 radical (unpaired) electrons. The lowest BCUT2D eigenvalue weighted by Crippen LogP contribution is -2.64. The molecule has 41 heavy (non-hydrogen) atoms. The Bertz CT molecular complexity index is 1190. The fourth-order valence-corrected chi connectivity index (χ4v) is 9.23. The van der Waals surface area contributed by atoms with Crippen LogP contribution in [0.1, 0.15) is 84.9 Å². The van der Waals surface area contributed by atoms with Gasteiger partial charge in [-0.1, -0.05) is 0 Å². The van der Waals surface area contributed by atoms with E-state index < -0.39 is 5.60 Å². The molecule has 228 valence electrons. The average Bonchev–Trinajstić information content (AvgIpc) is 3.26. The molecule has 0 N–H and O–H groups in total. The van der Waals surface area contributed by atoms with Crippen molar-refractivity contribution in [2.45, 2.75) is 103 Å². The van der Waals surface area contributed by atoms with Crippen molar-refractivity contribution in [3.8, 4) is 0 Å². The summed E-state index contributed by atoms with van der Waals surface area (Å²) in [5.41, 5.74) is 1.03. The Hall–Kier alpha value is -1.56. The number of ether oxygens (including phenoxy) is 1. The Kier molecular flexibility index (Phi) is 7.39. The van der Waals surface area contributed by atoms with E-state index in [9.17, 15) is 9.59 Å². The predicted octanol–water partition coefficient (Wildman–Crippen LogP) is 4.92. The lowest BCUT2D eigenvalue weighted by atomic mass is 9.61. The molecule has 0 aromatic carbocycles. The van der Waals surface area contributed by atoms with Crippen molar-refractivity contribution in [2.24, 2.45) is 17.3 Å². The summed E-state index contributed by atoms with van der Waals surface area (Å²) >= 11 is 2.50. The van der Waals surface area contributed by atoms with Crippen LogP contribution in [0.4, 0.5) is 10.6 Å². The summed E-state index contributed by atoms with van der Waals surface area (Å²) in [7, 11) is 1.97. The van der Waals surface area contributed by atoms with E-state index in [0.717, 1.165) is 70.8 Å². The number of hydrogen-bond donors (Lipinski definition) is 0. The largest absolute Gasteiger partial charge is 0.444 e. The average molecular weight is 681 g/mol. The number of rotatable bonds is 4. The zero-order chi connectivity index (χ0) is 29.5. The molecule has 10 heteroatoms. The number of carbonyl (C=O) groups is 2. The van der Waals surface area contributed by atoms with Crippen LogP contribution >= 0.6 is 22.6 Å². The molecule has 4 saturated heterocycles. The first-order valence-electron chi connectivity index (χ1n) is 15.7. The van der Waals surface area contributed by atoms with Gasteiger partial charge < -0.3 is 19.4 Å². The number of halogens is 1. The number of piperidine rings is 2. The molecule has 0 bridgehead atoms. The second-order valence-corrected chi connectivity index (χ2v) is 16.5. The molecule has 1 spiro atoms. The molecule has 1 saturated carbocycles. The molecular formula is C31H49IN6O3. The van der Waals surface area contributed by atoms with Crippen LogP contribution < -0.4 is 4.90 Å². The minimum atomic E-state index is -0.452. The molecule has 9 nitrogen and oxygen atoms in total. The zero-order valence-corrected chi connectivity index (χ0v) is 28.2. The van der Waals surface area contributed by atoms with Crippen molar-refractivity contribution < 1.29 is 14.3 Å². The fraction of sp³-hybridized carbons (Fsp3) is 0.839. The maximum atomic E-state index is 12.9. The maximum Gasteiger partial charge on any atom is 0.410 e. The van der Waals surface area contributed by atoms with Gasteiger partial charge in [0.2, 0.25) is 5.91 Å². The van der Waals surface area contributed by atoms with E-state index in [4.69, 9.17) is 9.84 Å². The Morgan fingerprint density at radius 2 is 1.83 bits per heavy atom. The minimum Gasteiger partial charge on any atom is -0.444 e. The molecular weight excluding hydrogens is 631 g/mol. The SMILES string of the molecule is Cc1c(I)c(N2CC[C@@H](CN3CCCC4CN(C)C(=O)C43)CC2(C)C)nn1C1CC2(C1)CN(C(=O)OC(C)(C)C)C2. The van der Waals surface area contributed by atoms with Crippen molar-refractivity contribution in [1.29, 1.82) is 0 Å². The van der Waals surface area contributed by atoms with E-state index in [1.807, 2.05) is 37.6 Å². The van der Waals surface area contributed by atoms with Gasteiger partial charge in [0.1, 0.15) is 5.60 Å². The molecule has 6 rings (SSSR count). The van der Waals surface area contributed by atoms with Gasteiger partial charge in [0.15, 0.2) is 5.82 Å². The van der Waals surface area contributed by atoms with Crippen molar-refractivity contribution in [3.05, 3.63) is 9.26 Å². The minimum absolute atomic E-state index is 0.00283. The van der Waals surface area contributed by atoms with Gasteiger partial charge in [0.25, 0.3) is 0 Å². The number of likely N-dealkylation sites (N-methyl/N-ethyl adjacent to an activating group) is 1. The number of anilines is 1. The molecule has 1 aromatic rings. The fourth-order valence-electron chi connectivity index (χ4n) is 8.59. The van der Waals surface area contributed by atoms with Crippen LogP contribution in [0.25, 0.3) is 0 Å². The first-order valence-corrected chi connectivity index (χ1v) is 16.7. The van der Waals surface area contributed by atoms with Crippen LogP contribution in [-0.2, 0) is 9.53 Å². The molecule has 5 aliphatic rings. The van der Waals surface area contributed by atoms with Gasteiger partial charge in [-0.3, -0.25) is 14.4 Å². The van der Waals surface area contributed by atoms with Crippen LogP contribution in [0.3, 0.4) is 0 Å². The van der Waals surface area contributed by atoms with E-state index in [-0.39, 0.29) is 23.1 Å². The molecule has 3 atom stereocenters. The van der Waals surface area contributed by atoms with Crippen LogP contribution in [0, 0.1) is 27.7 Å². The van der Waals surface area contributed by atoms with Gasteiger partial charge in [0, 0.05) is 56.6 Å². The van der Waals surface area contributed by atoms with Gasteiger partial charge in [0.05, 0.1) is 21.3 Å². The molecule has 4 aliphatic heterocycles. The summed E-state index contributed by atoms with van der Waals surface area (Å²) < 4.78 is 9.10. The van der Waals surface area contributed by atoms with E-state index in [1.54, 1.807) is 0 Å². The standard InChI is InChI=1S/C31H49IN6O3/c1-20-24(32)26(33-38(20)23-14-31(15-23)18-36(19-31)28(40)41-29(2,3)4)37-12-10-21(13-30(37,5)6)16-35-11-8-9-22-17-34(7)27(39)25(22)35/h21-23,25H,8-19H2,1-7H3/t21-,22?,25?/m1/s1. The number of hydrogen-bond acceptors (Lipinski definition) is 6. The second-order valence-electron chi connectivity index (χ2n) is 15.4. The normalized spacial score (nSPS) is 29.9. The Morgan fingerprint density at radius 1 is 1.12 bits per heavy atom. The van der Waals surface area contributed by atoms with Crippen LogP contribution in [0.15, 0.2) is 0 Å². The van der Waals surface area contributed by atoms with Crippen molar-refractivity contribution >= 4 is 40.4 Å². The van der Waals surface area contributed by atoms with Crippen LogP contribution in [0.2, 0.25) is 0 Å². The van der Waals surface area contributed by atoms with Crippen molar-refractivity contribution in [1.82, 2.24) is 24.5 Å². The van der Waals surface area contributed by atoms with E-state index >= 15 is 0 Å². The Morgan fingerprint density at radius 3 is 2.49 bits per heavy atom. The third kappa shape index (κ3) is 5.38. The predicted molar refractivity (Wildman–Crippen MR) is 168 cm³/mol. The summed E-state index contributed by atoms with van der Waals surface area (Å²) in [6.45, 7) is 18.3. The van der Waals surface area contributed by atoms with Gasteiger partial charge in [-0.05, 0) is 115 Å². The maximum absolute atomic E-state index is 12.9. The molecule has 5 fully saturated rings. The van der Waals surface area contributed by atoms with Gasteiger partial charge in [-0.25, -0.2) is 4.79 Å². The summed E-state index contributed by atoms with van der Waals surface area (Å²) in [6.07, 6.45) is 6.60. The van der Waals surface area contributed by atoms with Crippen LogP contribution in [0.5, 0.6) is 0 Å². The van der Waals surface area contributed by atoms with Gasteiger partial charge >= 0.3 is 6.09 Å². The summed E-state index contributed by atoms with van der Waals surface area (Å²) in [5, 5.41) is 5.25. The number of carbonyl (C=O) groups excluding carboxylic acids is 2. The summed E-state index contributed by atoms with van der Waals surface area (Å²) in [6, 6.07) is 0.500. The highest BCUT2D eigenvalue weighted by atomic mass is 127.